The van der Waals surface area contributed by atoms with Crippen molar-refractivity contribution in [3.8, 4) is 0 Å². The average Bonchev–Trinajstić information content (AvgIpc) is 2.47. The van der Waals surface area contributed by atoms with E-state index in [-0.39, 0.29) is 4.90 Å². The zero-order valence-electron chi connectivity index (χ0n) is 11.9. The summed E-state index contributed by atoms with van der Waals surface area (Å²) in [5, 5.41) is 0. The van der Waals surface area contributed by atoms with Crippen LogP contribution >= 0.6 is 0 Å². The lowest BCUT2D eigenvalue weighted by molar-refractivity contribution is 0.142. The Morgan fingerprint density at radius 3 is 2.35 bits per heavy atom. The van der Waals surface area contributed by atoms with Crippen molar-refractivity contribution in [2.45, 2.75) is 31.2 Å². The monoisotopic (exact) mass is 300 g/mol. The summed E-state index contributed by atoms with van der Waals surface area (Å²) < 4.78 is 39.9. The molecule has 2 rings (SSSR count). The second kappa shape index (κ2) is 6.20. The number of benzene rings is 1. The molecule has 20 heavy (non-hydrogen) atoms. The van der Waals surface area contributed by atoms with Crippen LogP contribution in [0.5, 0.6) is 0 Å². The maximum Gasteiger partial charge on any atom is 0.246 e. The summed E-state index contributed by atoms with van der Waals surface area (Å²) in [5.41, 5.74) is 0. The summed E-state index contributed by atoms with van der Waals surface area (Å²) in [4.78, 5) is 2.05. The first-order valence-corrected chi connectivity index (χ1v) is 8.39. The highest BCUT2D eigenvalue weighted by molar-refractivity contribution is 7.89. The van der Waals surface area contributed by atoms with E-state index in [2.05, 4.69) is 18.7 Å². The van der Waals surface area contributed by atoms with Crippen LogP contribution in [0.2, 0.25) is 0 Å². The first kappa shape index (κ1) is 15.4. The molecular weight excluding hydrogens is 279 g/mol. The van der Waals surface area contributed by atoms with E-state index < -0.39 is 15.8 Å². The van der Waals surface area contributed by atoms with Gasteiger partial charge in [-0.3, -0.25) is 4.90 Å². The Bertz CT molecular complexity index is 554. The molecule has 1 unspecified atom stereocenters. The summed E-state index contributed by atoms with van der Waals surface area (Å²) >= 11 is 0. The Labute approximate surface area is 120 Å². The fourth-order valence-corrected chi connectivity index (χ4v) is 3.92. The van der Waals surface area contributed by atoms with Crippen LogP contribution in [0.1, 0.15) is 20.3 Å². The van der Waals surface area contributed by atoms with Gasteiger partial charge in [-0.1, -0.05) is 19.1 Å². The van der Waals surface area contributed by atoms with E-state index in [1.54, 1.807) is 6.07 Å². The number of hydrogen-bond donors (Lipinski definition) is 0. The third kappa shape index (κ3) is 3.02. The lowest BCUT2D eigenvalue weighted by Gasteiger charge is -2.37. The quantitative estimate of drug-likeness (QED) is 0.853. The topological polar surface area (TPSA) is 40.6 Å². The lowest BCUT2D eigenvalue weighted by Crippen LogP contribution is -2.51. The number of piperazine rings is 1. The number of sulfonamides is 1. The van der Waals surface area contributed by atoms with Crippen molar-refractivity contribution in [3.05, 3.63) is 30.1 Å². The van der Waals surface area contributed by atoms with Gasteiger partial charge >= 0.3 is 0 Å². The number of rotatable bonds is 4. The van der Waals surface area contributed by atoms with Gasteiger partial charge in [0.25, 0.3) is 0 Å². The molecule has 1 heterocycles. The minimum Gasteiger partial charge on any atom is -0.298 e. The fourth-order valence-electron chi connectivity index (χ4n) is 2.44. The van der Waals surface area contributed by atoms with Gasteiger partial charge in [-0.15, -0.1) is 0 Å². The molecular formula is C14H21FN2O2S. The zero-order valence-corrected chi connectivity index (χ0v) is 12.7. The van der Waals surface area contributed by atoms with E-state index in [1.165, 1.54) is 22.5 Å². The Balaban J connectivity index is 2.12. The molecule has 1 aromatic carbocycles. The highest BCUT2D eigenvalue weighted by atomic mass is 32.2. The molecule has 6 heteroatoms. The van der Waals surface area contributed by atoms with E-state index in [0.29, 0.717) is 32.2 Å². The number of halogens is 1. The number of nitrogens with zero attached hydrogens (tertiary/aromatic N) is 2. The lowest BCUT2D eigenvalue weighted by atomic mass is 10.2. The fraction of sp³-hybridized carbons (Fsp3) is 0.571. The van der Waals surface area contributed by atoms with Crippen molar-refractivity contribution in [1.82, 2.24) is 9.21 Å². The standard InChI is InChI=1S/C14H21FN2O2S/c1-3-12(2)16-8-10-17(11-9-16)20(18,19)14-7-5-4-6-13(14)15/h4-7,12H,3,8-11H2,1-2H3. The van der Waals surface area contributed by atoms with Crippen LogP contribution in [0.25, 0.3) is 0 Å². The van der Waals surface area contributed by atoms with E-state index in [9.17, 15) is 12.8 Å². The van der Waals surface area contributed by atoms with Gasteiger partial charge < -0.3 is 0 Å². The molecule has 0 amide bonds. The highest BCUT2D eigenvalue weighted by Gasteiger charge is 2.31. The van der Waals surface area contributed by atoms with Crippen molar-refractivity contribution in [3.63, 3.8) is 0 Å². The van der Waals surface area contributed by atoms with Crippen LogP contribution in [0.4, 0.5) is 4.39 Å². The first-order valence-electron chi connectivity index (χ1n) is 6.95. The Morgan fingerprint density at radius 2 is 1.80 bits per heavy atom. The maximum absolute atomic E-state index is 13.7. The van der Waals surface area contributed by atoms with Gasteiger partial charge in [0.05, 0.1) is 0 Å². The molecule has 4 nitrogen and oxygen atoms in total. The van der Waals surface area contributed by atoms with Crippen molar-refractivity contribution in [2.24, 2.45) is 0 Å². The van der Waals surface area contributed by atoms with Crippen LogP contribution in [-0.4, -0.2) is 49.8 Å². The predicted octanol–water partition coefficient (Wildman–Crippen LogP) is 1.93. The van der Waals surface area contributed by atoms with Gasteiger partial charge in [0.15, 0.2) is 0 Å². The molecule has 0 spiro atoms. The van der Waals surface area contributed by atoms with Gasteiger partial charge in [0, 0.05) is 32.2 Å². The molecule has 1 aromatic rings. The molecule has 1 fully saturated rings. The van der Waals surface area contributed by atoms with Crippen molar-refractivity contribution < 1.29 is 12.8 Å². The van der Waals surface area contributed by atoms with E-state index >= 15 is 0 Å². The van der Waals surface area contributed by atoms with Crippen molar-refractivity contribution >= 4 is 10.0 Å². The summed E-state index contributed by atoms with van der Waals surface area (Å²) in [6.07, 6.45) is 1.04. The SMILES string of the molecule is CCC(C)N1CCN(S(=O)(=O)c2ccccc2F)CC1. The third-order valence-electron chi connectivity index (χ3n) is 3.94. The van der Waals surface area contributed by atoms with Gasteiger partial charge in [-0.05, 0) is 25.5 Å². The van der Waals surface area contributed by atoms with Crippen molar-refractivity contribution in [1.29, 1.82) is 0 Å². The molecule has 0 radical (unpaired) electrons. The van der Waals surface area contributed by atoms with Gasteiger partial charge in [0.2, 0.25) is 10.0 Å². The van der Waals surface area contributed by atoms with Crippen LogP contribution in [0, 0.1) is 5.82 Å². The molecule has 0 saturated carbocycles. The van der Waals surface area contributed by atoms with Gasteiger partial charge in [-0.2, -0.15) is 4.31 Å². The minimum atomic E-state index is -3.72. The van der Waals surface area contributed by atoms with E-state index in [0.717, 1.165) is 6.42 Å². The van der Waals surface area contributed by atoms with E-state index in [4.69, 9.17) is 0 Å². The van der Waals surface area contributed by atoms with Crippen LogP contribution in [0.15, 0.2) is 29.2 Å². The second-order valence-corrected chi connectivity index (χ2v) is 7.03. The smallest absolute Gasteiger partial charge is 0.246 e. The normalized spacial score (nSPS) is 19.9. The maximum atomic E-state index is 13.7. The first-order chi connectivity index (χ1) is 9.46. The van der Waals surface area contributed by atoms with Gasteiger partial charge in [-0.25, -0.2) is 12.8 Å². The van der Waals surface area contributed by atoms with Crippen molar-refractivity contribution in [2.75, 3.05) is 26.2 Å². The summed E-state index contributed by atoms with van der Waals surface area (Å²) in [6, 6.07) is 6.00. The molecule has 1 aliphatic rings. The highest BCUT2D eigenvalue weighted by Crippen LogP contribution is 2.21. The molecule has 0 aromatic heterocycles. The van der Waals surface area contributed by atoms with Crippen LogP contribution < -0.4 is 0 Å². The van der Waals surface area contributed by atoms with E-state index in [1.807, 2.05) is 0 Å². The summed E-state index contributed by atoms with van der Waals surface area (Å²) in [6.45, 7) is 6.49. The van der Waals surface area contributed by atoms with Crippen LogP contribution in [-0.2, 0) is 10.0 Å². The molecule has 1 aliphatic heterocycles. The Hall–Kier alpha value is -0.980. The average molecular weight is 300 g/mol. The summed E-state index contributed by atoms with van der Waals surface area (Å²) in [7, 11) is -3.72. The molecule has 0 bridgehead atoms. The third-order valence-corrected chi connectivity index (χ3v) is 5.87. The zero-order chi connectivity index (χ0) is 14.8. The number of hydrogen-bond acceptors (Lipinski definition) is 3. The molecule has 0 N–H and O–H groups in total. The summed E-state index contributed by atoms with van der Waals surface area (Å²) in [5.74, 6) is -0.683. The molecule has 1 atom stereocenters. The Morgan fingerprint density at radius 1 is 1.20 bits per heavy atom. The minimum absolute atomic E-state index is 0.225. The molecule has 1 saturated heterocycles. The molecule has 0 aliphatic carbocycles. The predicted molar refractivity (Wildman–Crippen MR) is 76.5 cm³/mol. The molecule has 112 valence electrons. The van der Waals surface area contributed by atoms with Gasteiger partial charge in [0.1, 0.15) is 10.7 Å². The Kier molecular flexibility index (Phi) is 4.78. The largest absolute Gasteiger partial charge is 0.298 e. The van der Waals surface area contributed by atoms with Crippen LogP contribution in [0.3, 0.4) is 0 Å². The second-order valence-electron chi connectivity index (χ2n) is 5.13.